The van der Waals surface area contributed by atoms with Gasteiger partial charge in [-0.2, -0.15) is 5.10 Å². The number of aromatic nitrogens is 2. The van der Waals surface area contributed by atoms with Crippen LogP contribution >= 0.6 is 0 Å². The molecule has 1 heterocycles. The van der Waals surface area contributed by atoms with Crippen molar-refractivity contribution < 1.29 is 9.53 Å². The highest BCUT2D eigenvalue weighted by atomic mass is 16.5. The molecule has 0 fully saturated rings. The molecule has 0 saturated carbocycles. The molecule has 2 N–H and O–H groups in total. The Morgan fingerprint density at radius 1 is 1.06 bits per heavy atom. The number of hydrogen-bond acceptors (Lipinski definition) is 4. The van der Waals surface area contributed by atoms with Gasteiger partial charge < -0.3 is 10.1 Å². The number of aliphatic imine (C=N–C) groups is 1. The minimum Gasteiger partial charge on any atom is -0.497 e. The molecule has 0 unspecified atom stereocenters. The van der Waals surface area contributed by atoms with Crippen molar-refractivity contribution in [2.45, 2.75) is 47.6 Å². The number of carbonyl (C=O) groups is 1. The second-order valence-corrected chi connectivity index (χ2v) is 8.13. The van der Waals surface area contributed by atoms with E-state index in [1.54, 1.807) is 7.11 Å². The topological polar surface area (TPSA) is 80.5 Å². The molecule has 0 aliphatic rings. The van der Waals surface area contributed by atoms with Crippen LogP contribution in [0.15, 0.2) is 47.5 Å². The number of nitrogens with zero attached hydrogens (tertiary/aromatic N) is 3. The number of amides is 1. The maximum atomic E-state index is 13.0. The average molecular weight is 448 g/mol. The third kappa shape index (κ3) is 6.22. The first-order valence-electron chi connectivity index (χ1n) is 11.2. The molecular formula is C26H33N5O2. The van der Waals surface area contributed by atoms with Gasteiger partial charge in [0.1, 0.15) is 5.75 Å². The number of aryl methyl sites for hydroxylation is 4. The summed E-state index contributed by atoms with van der Waals surface area (Å²) >= 11 is 0. The van der Waals surface area contributed by atoms with Gasteiger partial charge in [-0.3, -0.25) is 19.8 Å². The largest absolute Gasteiger partial charge is 0.497 e. The van der Waals surface area contributed by atoms with E-state index in [1.165, 1.54) is 5.56 Å². The summed E-state index contributed by atoms with van der Waals surface area (Å²) in [5.74, 6) is 0.965. The molecule has 0 aliphatic heterocycles. The highest BCUT2D eigenvalue weighted by Gasteiger charge is 2.13. The van der Waals surface area contributed by atoms with Gasteiger partial charge in [-0.05, 0) is 83.0 Å². The van der Waals surface area contributed by atoms with Crippen molar-refractivity contribution in [3.63, 3.8) is 0 Å². The number of benzene rings is 2. The predicted molar refractivity (Wildman–Crippen MR) is 133 cm³/mol. The van der Waals surface area contributed by atoms with Crippen molar-refractivity contribution in [2.24, 2.45) is 4.99 Å². The van der Waals surface area contributed by atoms with Gasteiger partial charge in [-0.25, -0.2) is 0 Å². The van der Waals surface area contributed by atoms with Gasteiger partial charge in [0.05, 0.1) is 12.8 Å². The van der Waals surface area contributed by atoms with Crippen LogP contribution in [0, 0.1) is 27.7 Å². The number of nitrogens with one attached hydrogen (secondary N) is 2. The molecule has 1 amide bonds. The normalized spacial score (nSPS) is 11.4. The fourth-order valence-corrected chi connectivity index (χ4v) is 3.89. The Morgan fingerprint density at radius 3 is 2.30 bits per heavy atom. The van der Waals surface area contributed by atoms with Crippen molar-refractivity contribution in [3.8, 4) is 5.75 Å². The van der Waals surface area contributed by atoms with Gasteiger partial charge in [0.25, 0.3) is 5.91 Å². The third-order valence-electron chi connectivity index (χ3n) is 5.53. The van der Waals surface area contributed by atoms with Crippen LogP contribution in [0.3, 0.4) is 0 Å². The lowest BCUT2D eigenvalue weighted by molar-refractivity contribution is 0.0976. The minimum absolute atomic E-state index is 0.201. The molecule has 0 spiro atoms. The lowest BCUT2D eigenvalue weighted by Crippen LogP contribution is -2.36. The van der Waals surface area contributed by atoms with Crippen molar-refractivity contribution in [1.82, 2.24) is 15.1 Å². The zero-order valence-electron chi connectivity index (χ0n) is 20.3. The van der Waals surface area contributed by atoms with E-state index in [2.05, 4.69) is 34.6 Å². The first-order chi connectivity index (χ1) is 15.8. The molecule has 7 nitrogen and oxygen atoms in total. The Morgan fingerprint density at radius 2 is 1.73 bits per heavy atom. The van der Waals surface area contributed by atoms with Gasteiger partial charge in [0.2, 0.25) is 5.96 Å². The number of anilines is 1. The maximum Gasteiger partial charge on any atom is 0.257 e. The summed E-state index contributed by atoms with van der Waals surface area (Å²) in [6, 6.07) is 13.3. The molecule has 33 heavy (non-hydrogen) atoms. The van der Waals surface area contributed by atoms with Crippen LogP contribution in [0.5, 0.6) is 5.75 Å². The predicted octanol–water partition coefficient (Wildman–Crippen LogP) is 4.59. The molecular weight excluding hydrogens is 414 g/mol. The molecule has 3 rings (SSSR count). The summed E-state index contributed by atoms with van der Waals surface area (Å²) in [6.45, 7) is 11.5. The smallest absolute Gasteiger partial charge is 0.257 e. The quantitative estimate of drug-likeness (QED) is 0.410. The number of ether oxygens (including phenoxy) is 1. The molecule has 0 bridgehead atoms. The van der Waals surface area contributed by atoms with Crippen molar-refractivity contribution in [1.29, 1.82) is 0 Å². The fraction of sp³-hybridized carbons (Fsp3) is 0.346. The Labute approximate surface area is 195 Å². The van der Waals surface area contributed by atoms with E-state index in [4.69, 9.17) is 4.74 Å². The number of carbonyl (C=O) groups excluding carboxylic acids is 1. The van der Waals surface area contributed by atoms with E-state index >= 15 is 0 Å². The first kappa shape index (κ1) is 24.0. The number of guanidine groups is 1. The van der Waals surface area contributed by atoms with Crippen LogP contribution in [0.25, 0.3) is 0 Å². The van der Waals surface area contributed by atoms with Gasteiger partial charge >= 0.3 is 0 Å². The SMILES string of the molecule is CCn1nc(C)c(CCN=C(NC(=O)c2cc(C)cc(C)c2)Nc2ccc(OC)cc2)c1C. The highest BCUT2D eigenvalue weighted by molar-refractivity contribution is 6.10. The van der Waals surface area contributed by atoms with E-state index < -0.39 is 0 Å². The summed E-state index contributed by atoms with van der Waals surface area (Å²) in [4.78, 5) is 17.7. The lowest BCUT2D eigenvalue weighted by atomic mass is 10.1. The van der Waals surface area contributed by atoms with Crippen LogP contribution in [0.1, 0.15) is 45.4 Å². The lowest BCUT2D eigenvalue weighted by Gasteiger charge is -2.13. The summed E-state index contributed by atoms with van der Waals surface area (Å²) in [5, 5.41) is 10.8. The van der Waals surface area contributed by atoms with Gasteiger partial charge in [0.15, 0.2) is 0 Å². The zero-order chi connectivity index (χ0) is 24.0. The van der Waals surface area contributed by atoms with Gasteiger partial charge in [-0.1, -0.05) is 17.2 Å². The van der Waals surface area contributed by atoms with Gasteiger partial charge in [-0.15, -0.1) is 0 Å². The van der Waals surface area contributed by atoms with Gasteiger partial charge in [0, 0.05) is 30.0 Å². The van der Waals surface area contributed by atoms with Crippen LogP contribution in [0.4, 0.5) is 5.69 Å². The van der Waals surface area contributed by atoms with Crippen molar-refractivity contribution >= 4 is 17.6 Å². The molecule has 0 saturated heterocycles. The Hall–Kier alpha value is -3.61. The summed E-state index contributed by atoms with van der Waals surface area (Å²) in [6.07, 6.45) is 0.741. The van der Waals surface area contributed by atoms with E-state index in [9.17, 15) is 4.79 Å². The van der Waals surface area contributed by atoms with Crippen LogP contribution in [0.2, 0.25) is 0 Å². The second-order valence-electron chi connectivity index (χ2n) is 8.13. The average Bonchev–Trinajstić information content (AvgIpc) is 3.06. The summed E-state index contributed by atoms with van der Waals surface area (Å²) in [7, 11) is 1.63. The highest BCUT2D eigenvalue weighted by Crippen LogP contribution is 2.16. The Bertz CT molecular complexity index is 1130. The van der Waals surface area contributed by atoms with Crippen molar-refractivity contribution in [3.05, 3.63) is 76.1 Å². The third-order valence-corrected chi connectivity index (χ3v) is 5.53. The van der Waals surface area contributed by atoms with Crippen LogP contribution in [-0.4, -0.2) is 35.3 Å². The molecule has 3 aromatic rings. The summed E-state index contributed by atoms with van der Waals surface area (Å²) < 4.78 is 7.24. The molecule has 2 aromatic carbocycles. The Balaban J connectivity index is 1.80. The second kappa shape index (κ2) is 10.8. The molecule has 1 aromatic heterocycles. The fourth-order valence-electron chi connectivity index (χ4n) is 3.89. The number of methoxy groups -OCH3 is 1. The summed E-state index contributed by atoms with van der Waals surface area (Å²) in [5.41, 5.74) is 6.88. The molecule has 0 aliphatic carbocycles. The minimum atomic E-state index is -0.201. The number of rotatable bonds is 7. The number of hydrogen-bond donors (Lipinski definition) is 2. The molecule has 0 radical (unpaired) electrons. The molecule has 7 heteroatoms. The van der Waals surface area contributed by atoms with Crippen LogP contribution in [-0.2, 0) is 13.0 Å². The van der Waals surface area contributed by atoms with E-state index in [0.717, 1.165) is 46.9 Å². The van der Waals surface area contributed by atoms with E-state index in [0.29, 0.717) is 18.1 Å². The zero-order valence-corrected chi connectivity index (χ0v) is 20.3. The molecule has 174 valence electrons. The maximum absolute atomic E-state index is 13.0. The van der Waals surface area contributed by atoms with Crippen molar-refractivity contribution in [2.75, 3.05) is 19.0 Å². The van der Waals surface area contributed by atoms with E-state index in [-0.39, 0.29) is 5.91 Å². The monoisotopic (exact) mass is 447 g/mol. The standard InChI is InChI=1S/C26H33N5O2/c1-7-31-20(5)24(19(4)30-31)12-13-27-26(28-22-8-10-23(33-6)11-9-22)29-25(32)21-15-17(2)14-18(3)16-21/h8-11,14-16H,7,12-13H2,1-6H3,(H2,27,28,29,32). The Kier molecular flexibility index (Phi) is 7.87. The van der Waals surface area contributed by atoms with E-state index in [1.807, 2.05) is 67.9 Å². The molecule has 0 atom stereocenters. The first-order valence-corrected chi connectivity index (χ1v) is 11.2. The van der Waals surface area contributed by atoms with Crippen LogP contribution < -0.4 is 15.4 Å².